The third-order valence-corrected chi connectivity index (χ3v) is 2.98. The molecule has 0 unspecified atom stereocenters. The Morgan fingerprint density at radius 3 is 2.32 bits per heavy atom. The van der Waals surface area contributed by atoms with Crippen LogP contribution in [0.5, 0.6) is 0 Å². The number of imide groups is 1. The van der Waals surface area contributed by atoms with Crippen LogP contribution in [0.25, 0.3) is 0 Å². The fourth-order valence-electron chi connectivity index (χ4n) is 1.86. The number of primary amides is 1. The fourth-order valence-corrected chi connectivity index (χ4v) is 1.86. The number of urea groups is 1. The van der Waals surface area contributed by atoms with Gasteiger partial charge in [0.2, 0.25) is 5.91 Å². The Morgan fingerprint density at radius 2 is 1.84 bits per heavy atom. The molecule has 0 bridgehead atoms. The number of amides is 3. The van der Waals surface area contributed by atoms with Gasteiger partial charge in [0.05, 0.1) is 6.04 Å². The normalized spacial score (nSPS) is 13.6. The van der Waals surface area contributed by atoms with Crippen LogP contribution in [-0.2, 0) is 4.79 Å². The van der Waals surface area contributed by atoms with Gasteiger partial charge in [-0.25, -0.2) is 4.79 Å². The lowest BCUT2D eigenvalue weighted by Crippen LogP contribution is -2.47. The second kappa shape index (κ2) is 6.89. The highest BCUT2D eigenvalue weighted by molar-refractivity contribution is 5.96. The minimum atomic E-state index is -0.831. The molecule has 4 N–H and O–H groups in total. The predicted molar refractivity (Wildman–Crippen MR) is 74.5 cm³/mol. The van der Waals surface area contributed by atoms with Gasteiger partial charge in [-0.3, -0.25) is 15.4 Å². The van der Waals surface area contributed by atoms with Gasteiger partial charge in [-0.1, -0.05) is 36.8 Å². The van der Waals surface area contributed by atoms with E-state index in [9.17, 15) is 9.59 Å². The van der Waals surface area contributed by atoms with Crippen LogP contribution in [0.2, 0.25) is 0 Å². The summed E-state index contributed by atoms with van der Waals surface area (Å²) in [6, 6.07) is 6.89. The molecule has 104 valence electrons. The van der Waals surface area contributed by atoms with Gasteiger partial charge in [-0.05, 0) is 25.8 Å². The topological polar surface area (TPSA) is 84.2 Å². The quantitative estimate of drug-likeness (QED) is 0.754. The van der Waals surface area contributed by atoms with Crippen molar-refractivity contribution in [1.29, 1.82) is 0 Å². The third kappa shape index (κ3) is 4.71. The number of aryl methyl sites for hydroxylation is 1. The lowest BCUT2D eigenvalue weighted by atomic mass is 10.0. The van der Waals surface area contributed by atoms with Crippen LogP contribution in [0.3, 0.4) is 0 Å². The Bertz CT molecular complexity index is 443. The number of carbonyl (C=O) groups is 2. The molecule has 5 nitrogen and oxygen atoms in total. The second-order valence-corrected chi connectivity index (χ2v) is 4.61. The summed E-state index contributed by atoms with van der Waals surface area (Å²) < 4.78 is 0. The first-order valence-corrected chi connectivity index (χ1v) is 6.37. The van der Waals surface area contributed by atoms with Gasteiger partial charge < -0.3 is 5.73 Å². The van der Waals surface area contributed by atoms with E-state index in [0.29, 0.717) is 0 Å². The van der Waals surface area contributed by atoms with Crippen LogP contribution in [0, 0.1) is 6.92 Å². The van der Waals surface area contributed by atoms with Crippen LogP contribution in [0.15, 0.2) is 24.3 Å². The van der Waals surface area contributed by atoms with E-state index in [4.69, 9.17) is 5.73 Å². The summed E-state index contributed by atoms with van der Waals surface area (Å²) >= 11 is 0. The van der Waals surface area contributed by atoms with E-state index in [1.807, 2.05) is 38.1 Å². The van der Waals surface area contributed by atoms with Gasteiger partial charge in [0.15, 0.2) is 0 Å². The zero-order valence-electron chi connectivity index (χ0n) is 11.6. The highest BCUT2D eigenvalue weighted by Gasteiger charge is 2.18. The Kier molecular flexibility index (Phi) is 5.51. The van der Waals surface area contributed by atoms with Crippen LogP contribution >= 0.6 is 0 Å². The van der Waals surface area contributed by atoms with Gasteiger partial charge >= 0.3 is 6.03 Å². The van der Waals surface area contributed by atoms with E-state index in [0.717, 1.165) is 12.0 Å². The van der Waals surface area contributed by atoms with Crippen molar-refractivity contribution in [3.05, 3.63) is 35.4 Å². The largest absolute Gasteiger partial charge is 0.351 e. The smallest absolute Gasteiger partial charge is 0.318 e. The molecule has 0 saturated carbocycles. The zero-order chi connectivity index (χ0) is 14.4. The molecule has 5 heteroatoms. The third-order valence-electron chi connectivity index (χ3n) is 2.98. The summed E-state index contributed by atoms with van der Waals surface area (Å²) in [5.41, 5.74) is 7.23. The zero-order valence-corrected chi connectivity index (χ0v) is 11.6. The molecule has 0 aromatic heterocycles. The Morgan fingerprint density at radius 1 is 1.26 bits per heavy atom. The average molecular weight is 263 g/mol. The maximum atomic E-state index is 11.6. The van der Waals surface area contributed by atoms with Crippen LogP contribution in [0.4, 0.5) is 4.79 Å². The van der Waals surface area contributed by atoms with Gasteiger partial charge in [0, 0.05) is 6.04 Å². The van der Waals surface area contributed by atoms with Crippen LogP contribution in [0.1, 0.15) is 37.4 Å². The van der Waals surface area contributed by atoms with E-state index < -0.39 is 18.0 Å². The SMILES string of the molecule is CC[C@@H](N[C@@H](C)C(=O)NC(N)=O)c1ccc(C)cc1. The maximum Gasteiger partial charge on any atom is 0.318 e. The Hall–Kier alpha value is -1.88. The van der Waals surface area contributed by atoms with E-state index in [2.05, 4.69) is 10.6 Å². The Balaban J connectivity index is 2.68. The molecule has 0 aliphatic carbocycles. The van der Waals surface area contributed by atoms with Crippen LogP contribution < -0.4 is 16.4 Å². The molecule has 19 heavy (non-hydrogen) atoms. The minimum absolute atomic E-state index is 0.0641. The molecule has 1 aromatic rings. The number of hydrogen-bond donors (Lipinski definition) is 3. The molecular formula is C14H21N3O2. The summed E-state index contributed by atoms with van der Waals surface area (Å²) in [4.78, 5) is 22.3. The highest BCUT2D eigenvalue weighted by atomic mass is 16.2. The molecule has 0 heterocycles. The van der Waals surface area contributed by atoms with Crippen molar-refractivity contribution in [2.45, 2.75) is 39.3 Å². The first-order chi connectivity index (χ1) is 8.93. The summed E-state index contributed by atoms with van der Waals surface area (Å²) in [6.07, 6.45) is 0.844. The number of benzene rings is 1. The predicted octanol–water partition coefficient (Wildman–Crippen LogP) is 1.62. The molecule has 2 atom stereocenters. The van der Waals surface area contributed by atoms with E-state index in [1.165, 1.54) is 5.56 Å². The first-order valence-electron chi connectivity index (χ1n) is 6.37. The second-order valence-electron chi connectivity index (χ2n) is 4.61. The summed E-state index contributed by atoms with van der Waals surface area (Å²) in [5.74, 6) is -0.418. The molecule has 1 rings (SSSR count). The number of nitrogens with two attached hydrogens (primary N) is 1. The molecule has 0 aliphatic rings. The Labute approximate surface area is 113 Å². The van der Waals surface area contributed by atoms with Crippen molar-refractivity contribution >= 4 is 11.9 Å². The van der Waals surface area contributed by atoms with Crippen molar-refractivity contribution in [2.24, 2.45) is 5.73 Å². The lowest BCUT2D eigenvalue weighted by Gasteiger charge is -2.22. The molecule has 0 spiro atoms. The summed E-state index contributed by atoms with van der Waals surface area (Å²) in [7, 11) is 0. The van der Waals surface area contributed by atoms with E-state index >= 15 is 0 Å². The fraction of sp³-hybridized carbons (Fsp3) is 0.429. The molecule has 3 amide bonds. The number of carbonyl (C=O) groups excluding carboxylic acids is 2. The molecule has 1 aromatic carbocycles. The summed E-state index contributed by atoms with van der Waals surface area (Å²) in [6.45, 7) is 5.77. The standard InChI is InChI=1S/C14H21N3O2/c1-4-12(11-7-5-9(2)6-8-11)16-10(3)13(18)17-14(15)19/h5-8,10,12,16H,4H2,1-3H3,(H3,15,17,18,19)/t10-,12+/m0/s1. The minimum Gasteiger partial charge on any atom is -0.351 e. The summed E-state index contributed by atoms with van der Waals surface area (Å²) in [5, 5.41) is 5.26. The number of hydrogen-bond acceptors (Lipinski definition) is 3. The average Bonchev–Trinajstić information content (AvgIpc) is 2.36. The van der Waals surface area contributed by atoms with Gasteiger partial charge in [0.25, 0.3) is 0 Å². The van der Waals surface area contributed by atoms with Crippen molar-refractivity contribution in [1.82, 2.24) is 10.6 Å². The van der Waals surface area contributed by atoms with Crippen molar-refractivity contribution in [3.8, 4) is 0 Å². The van der Waals surface area contributed by atoms with Gasteiger partial charge in [-0.15, -0.1) is 0 Å². The molecule has 0 radical (unpaired) electrons. The van der Waals surface area contributed by atoms with Gasteiger partial charge in [-0.2, -0.15) is 0 Å². The maximum absolute atomic E-state index is 11.6. The first kappa shape index (κ1) is 15.2. The monoisotopic (exact) mass is 263 g/mol. The molecule has 0 fully saturated rings. The highest BCUT2D eigenvalue weighted by Crippen LogP contribution is 2.17. The van der Waals surface area contributed by atoms with Crippen molar-refractivity contribution in [3.63, 3.8) is 0 Å². The van der Waals surface area contributed by atoms with E-state index in [-0.39, 0.29) is 6.04 Å². The molecule has 0 saturated heterocycles. The lowest BCUT2D eigenvalue weighted by molar-refractivity contribution is -0.121. The van der Waals surface area contributed by atoms with Crippen LogP contribution in [-0.4, -0.2) is 18.0 Å². The van der Waals surface area contributed by atoms with Gasteiger partial charge in [0.1, 0.15) is 0 Å². The number of rotatable bonds is 5. The van der Waals surface area contributed by atoms with Crippen molar-refractivity contribution < 1.29 is 9.59 Å². The van der Waals surface area contributed by atoms with Crippen molar-refractivity contribution in [2.75, 3.05) is 0 Å². The molecular weight excluding hydrogens is 242 g/mol. The number of nitrogens with one attached hydrogen (secondary N) is 2. The van der Waals surface area contributed by atoms with E-state index in [1.54, 1.807) is 6.92 Å². The molecule has 0 aliphatic heterocycles.